The van der Waals surface area contributed by atoms with Crippen LogP contribution in [-0.2, 0) is 29.5 Å². The lowest BCUT2D eigenvalue weighted by atomic mass is 9.85. The zero-order chi connectivity index (χ0) is 26.0. The molecule has 36 heavy (non-hydrogen) atoms. The second kappa shape index (κ2) is 10.7. The third kappa shape index (κ3) is 4.96. The highest BCUT2D eigenvalue weighted by Gasteiger charge is 2.33. The highest BCUT2D eigenvalue weighted by molar-refractivity contribution is 5.86. The average molecular weight is 496 g/mol. The number of rotatable bonds is 5. The van der Waals surface area contributed by atoms with E-state index in [0.29, 0.717) is 12.5 Å². The number of hydrogen-bond acceptors (Lipinski definition) is 5. The molecule has 0 bridgehead atoms. The van der Waals surface area contributed by atoms with Gasteiger partial charge in [-0.05, 0) is 63.1 Å². The molecule has 0 spiro atoms. The molecular formula is C27H37N5O4. The van der Waals surface area contributed by atoms with Crippen LogP contribution in [0.2, 0.25) is 0 Å². The zero-order valence-corrected chi connectivity index (χ0v) is 21.6. The molecule has 0 saturated heterocycles. The number of aromatic nitrogens is 4. The molecule has 9 heteroatoms. The summed E-state index contributed by atoms with van der Waals surface area (Å²) in [7, 11) is 4.12. The highest BCUT2D eigenvalue weighted by Crippen LogP contribution is 2.41. The SMILES string of the molecule is CC(Cc1cnn(C)c1)c1nc2c3c(ccc2n1C1CCCC(C(=O)O)C1)N(C)C(C)CC3.O=CO. The van der Waals surface area contributed by atoms with Crippen molar-refractivity contribution >= 4 is 29.2 Å². The summed E-state index contributed by atoms with van der Waals surface area (Å²) in [5.74, 6) is 0.358. The molecule has 4 unspecified atom stereocenters. The van der Waals surface area contributed by atoms with Crippen molar-refractivity contribution in [2.24, 2.45) is 13.0 Å². The van der Waals surface area contributed by atoms with Gasteiger partial charge in [0.2, 0.25) is 0 Å². The second-order valence-corrected chi connectivity index (χ2v) is 10.4. The molecule has 4 atom stereocenters. The fourth-order valence-electron chi connectivity index (χ4n) is 5.96. The molecule has 2 aliphatic rings. The number of fused-ring (bicyclic) bond motifs is 3. The van der Waals surface area contributed by atoms with Gasteiger partial charge in [0.15, 0.2) is 0 Å². The summed E-state index contributed by atoms with van der Waals surface area (Å²) in [6.07, 6.45) is 10.4. The predicted octanol–water partition coefficient (Wildman–Crippen LogP) is 4.40. The summed E-state index contributed by atoms with van der Waals surface area (Å²) in [5, 5.41) is 20.9. The van der Waals surface area contributed by atoms with Gasteiger partial charge >= 0.3 is 5.97 Å². The number of carboxylic acid groups (broad SMARTS) is 2. The van der Waals surface area contributed by atoms with Gasteiger partial charge in [0.05, 0.1) is 23.1 Å². The predicted molar refractivity (Wildman–Crippen MR) is 139 cm³/mol. The maximum absolute atomic E-state index is 11.8. The Bertz CT molecular complexity index is 1230. The Balaban J connectivity index is 0.000000967. The van der Waals surface area contributed by atoms with E-state index in [9.17, 15) is 9.90 Å². The van der Waals surface area contributed by atoms with Gasteiger partial charge in [-0.15, -0.1) is 0 Å². The Morgan fingerprint density at radius 2 is 2.00 bits per heavy atom. The maximum Gasteiger partial charge on any atom is 0.306 e. The van der Waals surface area contributed by atoms with Crippen molar-refractivity contribution in [2.75, 3.05) is 11.9 Å². The minimum atomic E-state index is -0.665. The van der Waals surface area contributed by atoms with E-state index in [1.165, 1.54) is 22.3 Å². The smallest absolute Gasteiger partial charge is 0.306 e. The van der Waals surface area contributed by atoms with E-state index in [0.717, 1.165) is 49.9 Å². The summed E-state index contributed by atoms with van der Waals surface area (Å²) in [5.41, 5.74) is 6.10. The van der Waals surface area contributed by atoms with Crippen LogP contribution in [-0.4, -0.2) is 55.1 Å². The largest absolute Gasteiger partial charge is 0.483 e. The first kappa shape index (κ1) is 25.7. The molecule has 1 aliphatic heterocycles. The molecule has 194 valence electrons. The number of aryl methyl sites for hydroxylation is 2. The Morgan fingerprint density at radius 1 is 1.25 bits per heavy atom. The van der Waals surface area contributed by atoms with Crippen LogP contribution in [0.5, 0.6) is 0 Å². The molecule has 3 aromatic rings. The van der Waals surface area contributed by atoms with Gasteiger partial charge in [-0.2, -0.15) is 5.10 Å². The van der Waals surface area contributed by atoms with Crippen LogP contribution in [0.4, 0.5) is 5.69 Å². The summed E-state index contributed by atoms with van der Waals surface area (Å²) in [6.45, 7) is 4.27. The molecule has 0 amide bonds. The number of nitrogens with zero attached hydrogens (tertiary/aromatic N) is 5. The molecule has 1 saturated carbocycles. The minimum Gasteiger partial charge on any atom is -0.483 e. The molecule has 0 radical (unpaired) electrons. The quantitative estimate of drug-likeness (QED) is 0.504. The second-order valence-electron chi connectivity index (χ2n) is 10.4. The van der Waals surface area contributed by atoms with Gasteiger partial charge in [-0.25, -0.2) is 4.98 Å². The molecule has 9 nitrogen and oxygen atoms in total. The molecule has 2 N–H and O–H groups in total. The van der Waals surface area contributed by atoms with E-state index in [1.54, 1.807) is 0 Å². The Morgan fingerprint density at radius 3 is 2.67 bits per heavy atom. The summed E-state index contributed by atoms with van der Waals surface area (Å²) >= 11 is 0. The standard InChI is InChI=1S/C26H35N5O2.CH2O2/c1-16(12-18-14-27-29(3)15-18)25-28-24-21-9-8-17(2)30(4)22(21)10-11-23(24)31(25)20-7-5-6-19(13-20)26(32)33;2-1-3/h10-11,14-17,19-20H,5-9,12-13H2,1-4H3,(H,32,33);1H,(H,2,3). The first-order chi connectivity index (χ1) is 17.2. The summed E-state index contributed by atoms with van der Waals surface area (Å²) < 4.78 is 4.25. The van der Waals surface area contributed by atoms with Crippen molar-refractivity contribution < 1.29 is 19.8 Å². The fraction of sp³-hybridized carbons (Fsp3) is 0.556. The maximum atomic E-state index is 11.8. The van der Waals surface area contributed by atoms with Crippen LogP contribution in [0.25, 0.3) is 11.0 Å². The molecule has 3 heterocycles. The van der Waals surface area contributed by atoms with Gasteiger partial charge in [-0.3, -0.25) is 14.3 Å². The van der Waals surface area contributed by atoms with E-state index in [1.807, 2.05) is 17.9 Å². The van der Waals surface area contributed by atoms with Gasteiger partial charge in [0, 0.05) is 49.5 Å². The van der Waals surface area contributed by atoms with Gasteiger partial charge in [0.25, 0.3) is 6.47 Å². The lowest BCUT2D eigenvalue weighted by Crippen LogP contribution is -2.33. The van der Waals surface area contributed by atoms with E-state index < -0.39 is 5.97 Å². The van der Waals surface area contributed by atoms with Crippen LogP contribution in [0, 0.1) is 5.92 Å². The minimum absolute atomic E-state index is 0.175. The summed E-state index contributed by atoms with van der Waals surface area (Å²) in [6, 6.07) is 5.17. The van der Waals surface area contributed by atoms with Gasteiger partial charge in [0.1, 0.15) is 5.82 Å². The van der Waals surface area contributed by atoms with Crippen LogP contribution in [0.1, 0.15) is 74.9 Å². The Hall–Kier alpha value is -3.36. The number of hydrogen-bond donors (Lipinski definition) is 2. The lowest BCUT2D eigenvalue weighted by Gasteiger charge is -2.34. The zero-order valence-electron chi connectivity index (χ0n) is 21.6. The van der Waals surface area contributed by atoms with Crippen LogP contribution < -0.4 is 4.90 Å². The van der Waals surface area contributed by atoms with Crippen molar-refractivity contribution in [1.29, 1.82) is 0 Å². The molecule has 5 rings (SSSR count). The number of aliphatic carboxylic acids is 1. The molecule has 2 aromatic heterocycles. The third-order valence-electron chi connectivity index (χ3n) is 7.92. The van der Waals surface area contributed by atoms with Crippen LogP contribution in [0.15, 0.2) is 24.5 Å². The number of carbonyl (C=O) groups is 2. The van der Waals surface area contributed by atoms with Crippen LogP contribution in [0.3, 0.4) is 0 Å². The lowest BCUT2D eigenvalue weighted by molar-refractivity contribution is -0.143. The Kier molecular flexibility index (Phi) is 7.66. The summed E-state index contributed by atoms with van der Waals surface area (Å²) in [4.78, 5) is 27.8. The highest BCUT2D eigenvalue weighted by atomic mass is 16.4. The number of imidazole rings is 1. The van der Waals surface area contributed by atoms with Crippen LogP contribution >= 0.6 is 0 Å². The monoisotopic (exact) mass is 495 g/mol. The van der Waals surface area contributed by atoms with Gasteiger partial charge in [-0.1, -0.05) is 13.3 Å². The molecule has 1 aromatic carbocycles. The average Bonchev–Trinajstić information content (AvgIpc) is 3.45. The van der Waals surface area contributed by atoms with Crippen molar-refractivity contribution in [3.05, 3.63) is 41.5 Å². The normalized spacial score (nSPS) is 22.4. The fourth-order valence-corrected chi connectivity index (χ4v) is 5.96. The van der Waals surface area contributed by atoms with Crippen molar-refractivity contribution in [2.45, 2.75) is 76.8 Å². The first-order valence-electron chi connectivity index (χ1n) is 12.8. The number of benzene rings is 1. The number of carboxylic acids is 1. The third-order valence-corrected chi connectivity index (χ3v) is 7.92. The number of anilines is 1. The molecule has 1 aliphatic carbocycles. The van der Waals surface area contributed by atoms with E-state index >= 15 is 0 Å². The van der Waals surface area contributed by atoms with Crippen molar-refractivity contribution in [1.82, 2.24) is 19.3 Å². The van der Waals surface area contributed by atoms with Crippen molar-refractivity contribution in [3.8, 4) is 0 Å². The topological polar surface area (TPSA) is 113 Å². The van der Waals surface area contributed by atoms with E-state index in [-0.39, 0.29) is 24.3 Å². The molecule has 1 fully saturated rings. The van der Waals surface area contributed by atoms with Crippen molar-refractivity contribution in [3.63, 3.8) is 0 Å². The van der Waals surface area contributed by atoms with E-state index in [4.69, 9.17) is 14.9 Å². The Labute approximate surface area is 211 Å². The molecular weight excluding hydrogens is 458 g/mol. The van der Waals surface area contributed by atoms with E-state index in [2.05, 4.69) is 53.8 Å². The first-order valence-corrected chi connectivity index (χ1v) is 12.8. The van der Waals surface area contributed by atoms with Gasteiger partial charge < -0.3 is 19.7 Å².